The zero-order chi connectivity index (χ0) is 16.4. The van der Waals surface area contributed by atoms with E-state index in [0.717, 1.165) is 30.6 Å². The quantitative estimate of drug-likeness (QED) is 0.918. The van der Waals surface area contributed by atoms with Crippen molar-refractivity contribution in [2.45, 2.75) is 45.3 Å². The predicted octanol–water partition coefficient (Wildman–Crippen LogP) is 4.11. The van der Waals surface area contributed by atoms with E-state index in [9.17, 15) is 4.79 Å². The minimum atomic E-state index is -0.456. The number of fused-ring (bicyclic) bond motifs is 1. The molecule has 1 N–H and O–H groups in total. The Labute approximate surface area is 140 Å². The summed E-state index contributed by atoms with van der Waals surface area (Å²) in [6.07, 6.45) is 1.79. The van der Waals surface area contributed by atoms with Gasteiger partial charge in [-0.3, -0.25) is 0 Å². The van der Waals surface area contributed by atoms with Crippen LogP contribution >= 0.6 is 11.5 Å². The molecule has 124 valence electrons. The Morgan fingerprint density at radius 2 is 2.22 bits per heavy atom. The topological polar surface area (TPSA) is 54.5 Å². The summed E-state index contributed by atoms with van der Waals surface area (Å²) in [6.45, 7) is 7.16. The van der Waals surface area contributed by atoms with Crippen molar-refractivity contribution in [3.8, 4) is 0 Å². The van der Waals surface area contributed by atoms with E-state index in [1.54, 1.807) is 0 Å². The number of aromatic nitrogens is 1. The number of benzene rings is 1. The number of carbonyl (C=O) groups excluding carboxylic acids is 1. The summed E-state index contributed by atoms with van der Waals surface area (Å²) in [6, 6.07) is 8.34. The average molecular weight is 333 g/mol. The largest absolute Gasteiger partial charge is 0.444 e. The molecule has 0 radical (unpaired) electrons. The minimum absolute atomic E-state index is 0.158. The molecule has 1 amide bonds. The summed E-state index contributed by atoms with van der Waals surface area (Å²) in [5, 5.41) is 4.55. The Bertz CT molecular complexity index is 692. The molecule has 1 aliphatic rings. The van der Waals surface area contributed by atoms with Crippen molar-refractivity contribution in [2.75, 3.05) is 18.4 Å². The highest BCUT2D eigenvalue weighted by Gasteiger charge is 2.32. The number of anilines is 1. The Balaban J connectivity index is 1.64. The Morgan fingerprint density at radius 3 is 3.00 bits per heavy atom. The highest BCUT2D eigenvalue weighted by atomic mass is 32.1. The van der Waals surface area contributed by atoms with Gasteiger partial charge in [-0.1, -0.05) is 12.1 Å². The van der Waals surface area contributed by atoms with Crippen LogP contribution in [0.2, 0.25) is 0 Å². The van der Waals surface area contributed by atoms with Crippen LogP contribution in [0, 0.1) is 0 Å². The maximum Gasteiger partial charge on any atom is 0.410 e. The summed E-state index contributed by atoms with van der Waals surface area (Å²) < 4.78 is 11.2. The molecule has 1 aromatic carbocycles. The fourth-order valence-electron chi connectivity index (χ4n) is 2.84. The molecule has 1 aromatic heterocycles. The molecule has 1 fully saturated rings. The third kappa shape index (κ3) is 3.75. The van der Waals surface area contributed by atoms with Gasteiger partial charge in [0.1, 0.15) is 11.4 Å². The predicted molar refractivity (Wildman–Crippen MR) is 94.1 cm³/mol. The standard InChI is InChI=1S/C17H23N3O2S/c1-17(2,3)22-16(21)20-10-6-7-12(20)11-18-15-13-8-4-5-9-14(13)23-19-15/h4-5,8-9,12H,6-7,10-11H2,1-3H3,(H,18,19)/t12-/m0/s1. The Morgan fingerprint density at radius 1 is 1.43 bits per heavy atom. The van der Waals surface area contributed by atoms with Gasteiger partial charge in [0.15, 0.2) is 0 Å². The van der Waals surface area contributed by atoms with Crippen molar-refractivity contribution in [1.29, 1.82) is 0 Å². The highest BCUT2D eigenvalue weighted by Crippen LogP contribution is 2.27. The summed E-state index contributed by atoms with van der Waals surface area (Å²) in [5.41, 5.74) is -0.456. The molecular formula is C17H23N3O2S. The first kappa shape index (κ1) is 16.1. The smallest absolute Gasteiger partial charge is 0.410 e. The third-order valence-corrected chi connectivity index (χ3v) is 4.71. The van der Waals surface area contributed by atoms with Gasteiger partial charge < -0.3 is 15.0 Å². The fraction of sp³-hybridized carbons (Fsp3) is 0.529. The van der Waals surface area contributed by atoms with Gasteiger partial charge in [0.2, 0.25) is 0 Å². The molecule has 0 bridgehead atoms. The molecule has 1 saturated heterocycles. The lowest BCUT2D eigenvalue weighted by Gasteiger charge is -2.28. The van der Waals surface area contributed by atoms with Crippen LogP contribution in [0.25, 0.3) is 10.1 Å². The average Bonchev–Trinajstić information content (AvgIpc) is 3.10. The van der Waals surface area contributed by atoms with Crippen molar-refractivity contribution >= 4 is 33.5 Å². The number of carbonyl (C=O) groups is 1. The highest BCUT2D eigenvalue weighted by molar-refractivity contribution is 7.13. The molecular weight excluding hydrogens is 310 g/mol. The lowest BCUT2D eigenvalue weighted by atomic mass is 10.2. The number of likely N-dealkylation sites (tertiary alicyclic amines) is 1. The van der Waals surface area contributed by atoms with E-state index in [-0.39, 0.29) is 12.1 Å². The maximum absolute atomic E-state index is 12.3. The second-order valence-electron chi connectivity index (χ2n) is 6.88. The van der Waals surface area contributed by atoms with Crippen LogP contribution in [-0.2, 0) is 4.74 Å². The summed E-state index contributed by atoms with van der Waals surface area (Å²) in [7, 11) is 0. The van der Waals surface area contributed by atoms with Gasteiger partial charge in [-0.05, 0) is 57.3 Å². The van der Waals surface area contributed by atoms with Crippen molar-refractivity contribution < 1.29 is 9.53 Å². The fourth-order valence-corrected chi connectivity index (χ4v) is 3.59. The lowest BCUT2D eigenvalue weighted by Crippen LogP contribution is -2.42. The van der Waals surface area contributed by atoms with Gasteiger partial charge in [0.25, 0.3) is 0 Å². The van der Waals surface area contributed by atoms with Gasteiger partial charge >= 0.3 is 6.09 Å². The van der Waals surface area contributed by atoms with Gasteiger partial charge in [0, 0.05) is 18.5 Å². The van der Waals surface area contributed by atoms with Crippen molar-refractivity contribution in [3.05, 3.63) is 24.3 Å². The first-order chi connectivity index (χ1) is 10.9. The van der Waals surface area contributed by atoms with Crippen LogP contribution in [-0.4, -0.2) is 40.1 Å². The summed E-state index contributed by atoms with van der Waals surface area (Å²) >= 11 is 1.49. The Hall–Kier alpha value is -1.82. The number of rotatable bonds is 3. The summed E-state index contributed by atoms with van der Waals surface area (Å²) in [5.74, 6) is 0.904. The lowest BCUT2D eigenvalue weighted by molar-refractivity contribution is 0.0235. The van der Waals surface area contributed by atoms with Gasteiger partial charge in [-0.25, -0.2) is 4.79 Å². The van der Waals surface area contributed by atoms with Crippen LogP contribution in [0.3, 0.4) is 0 Å². The van der Waals surface area contributed by atoms with Crippen LogP contribution in [0.1, 0.15) is 33.6 Å². The number of hydrogen-bond donors (Lipinski definition) is 1. The Kier molecular flexibility index (Phi) is 4.43. The first-order valence-corrected chi connectivity index (χ1v) is 8.79. The molecule has 0 unspecified atom stereocenters. The summed E-state index contributed by atoms with van der Waals surface area (Å²) in [4.78, 5) is 14.1. The molecule has 23 heavy (non-hydrogen) atoms. The number of nitrogens with zero attached hydrogens (tertiary/aromatic N) is 2. The van der Waals surface area contributed by atoms with E-state index < -0.39 is 5.60 Å². The van der Waals surface area contributed by atoms with E-state index in [1.165, 1.54) is 16.2 Å². The van der Waals surface area contributed by atoms with E-state index in [1.807, 2.05) is 37.8 Å². The molecule has 0 aliphatic carbocycles. The van der Waals surface area contributed by atoms with Gasteiger partial charge in [-0.15, -0.1) is 0 Å². The minimum Gasteiger partial charge on any atom is -0.444 e. The van der Waals surface area contributed by atoms with E-state index in [0.29, 0.717) is 6.54 Å². The van der Waals surface area contributed by atoms with E-state index in [4.69, 9.17) is 4.74 Å². The number of amides is 1. The molecule has 5 nitrogen and oxygen atoms in total. The molecule has 0 saturated carbocycles. The number of nitrogens with one attached hydrogen (secondary N) is 1. The molecule has 2 aromatic rings. The van der Waals surface area contributed by atoms with E-state index >= 15 is 0 Å². The zero-order valence-electron chi connectivity index (χ0n) is 13.8. The first-order valence-electron chi connectivity index (χ1n) is 8.02. The molecule has 6 heteroatoms. The molecule has 3 rings (SSSR count). The van der Waals surface area contributed by atoms with E-state index in [2.05, 4.69) is 21.8 Å². The number of ether oxygens (including phenoxy) is 1. The SMILES string of the molecule is CC(C)(C)OC(=O)N1CCC[C@H]1CNc1nsc2ccccc12. The van der Waals surface area contributed by atoms with Gasteiger partial charge in [-0.2, -0.15) is 4.37 Å². The van der Waals surface area contributed by atoms with Crippen LogP contribution in [0.4, 0.5) is 10.6 Å². The van der Waals surface area contributed by atoms with Gasteiger partial charge in [0.05, 0.1) is 10.7 Å². The normalized spacial score (nSPS) is 18.4. The zero-order valence-corrected chi connectivity index (χ0v) is 14.7. The second-order valence-corrected chi connectivity index (χ2v) is 7.68. The molecule has 2 heterocycles. The van der Waals surface area contributed by atoms with Crippen molar-refractivity contribution in [3.63, 3.8) is 0 Å². The van der Waals surface area contributed by atoms with Crippen molar-refractivity contribution in [2.24, 2.45) is 0 Å². The van der Waals surface area contributed by atoms with Crippen molar-refractivity contribution in [1.82, 2.24) is 9.27 Å². The van der Waals surface area contributed by atoms with Crippen LogP contribution < -0.4 is 5.32 Å². The third-order valence-electron chi connectivity index (χ3n) is 3.89. The molecule has 1 aliphatic heterocycles. The second kappa shape index (κ2) is 6.35. The molecule has 0 spiro atoms. The maximum atomic E-state index is 12.3. The van der Waals surface area contributed by atoms with Crippen LogP contribution in [0.15, 0.2) is 24.3 Å². The number of hydrogen-bond acceptors (Lipinski definition) is 5. The van der Waals surface area contributed by atoms with Crippen LogP contribution in [0.5, 0.6) is 0 Å². The molecule has 1 atom stereocenters. The monoisotopic (exact) mass is 333 g/mol.